The number of hydrogen-bond donors (Lipinski definition) is 0. The molecule has 0 bridgehead atoms. The van der Waals surface area contributed by atoms with Gasteiger partial charge in [-0.2, -0.15) is 10.5 Å². The quantitative estimate of drug-likeness (QED) is 0.184. The number of benzene rings is 8. The SMILES string of the molecule is N#Cc1cccc(-n2c3ccccc3c3cccc(C#N)c32)c1-c1ccccc1-n1c2ccccc2c2ccc(-n3c4ccccc4c4ccccc43)cc21. The summed E-state index contributed by atoms with van der Waals surface area (Å²) in [5.41, 5.74) is 12.0. The first-order chi connectivity index (χ1) is 27.2. The van der Waals surface area contributed by atoms with E-state index in [4.69, 9.17) is 0 Å². The van der Waals surface area contributed by atoms with E-state index in [0.717, 1.165) is 82.8 Å². The van der Waals surface area contributed by atoms with Gasteiger partial charge in [-0.3, -0.25) is 0 Å². The van der Waals surface area contributed by atoms with E-state index in [1.807, 2.05) is 42.5 Å². The second-order valence-electron chi connectivity index (χ2n) is 13.9. The fourth-order valence-electron chi connectivity index (χ4n) is 8.90. The summed E-state index contributed by atoms with van der Waals surface area (Å²) in [5, 5.41) is 27.9. The molecule has 55 heavy (non-hydrogen) atoms. The molecular formula is C50H29N5. The standard InChI is InChI=1S/C50H29N5/c51-30-32-13-12-26-47(55-45-24-9-4-18-38(45)40-20-11-14-33(31-52)50(40)55)49(32)41-19-5-10-25-46(41)54-44-23-8-3-17-37(44)39-28-27-34(29-48(39)54)53-42-21-6-1-15-35(42)36-16-2-7-22-43(36)53/h1-29H. The monoisotopic (exact) mass is 699 g/mol. The number of hydrogen-bond acceptors (Lipinski definition) is 2. The summed E-state index contributed by atoms with van der Waals surface area (Å²) in [7, 11) is 0. The molecule has 0 radical (unpaired) electrons. The molecule has 0 saturated heterocycles. The first-order valence-corrected chi connectivity index (χ1v) is 18.3. The molecule has 3 heterocycles. The van der Waals surface area contributed by atoms with Crippen molar-refractivity contribution in [3.63, 3.8) is 0 Å². The molecule has 0 unspecified atom stereocenters. The van der Waals surface area contributed by atoms with Gasteiger partial charge in [-0.1, -0.05) is 115 Å². The third kappa shape index (κ3) is 4.33. The molecule has 11 aromatic rings. The Labute approximate surface area is 316 Å². The summed E-state index contributed by atoms with van der Waals surface area (Å²) in [5.74, 6) is 0. The Bertz CT molecular complexity index is 3420. The summed E-state index contributed by atoms with van der Waals surface area (Å²) in [4.78, 5) is 0. The zero-order valence-corrected chi connectivity index (χ0v) is 29.5. The lowest BCUT2D eigenvalue weighted by Gasteiger charge is -2.20. The molecular weight excluding hydrogens is 671 g/mol. The van der Waals surface area contributed by atoms with Crippen LogP contribution in [0, 0.1) is 22.7 Å². The van der Waals surface area contributed by atoms with Gasteiger partial charge < -0.3 is 13.7 Å². The van der Waals surface area contributed by atoms with E-state index in [9.17, 15) is 10.5 Å². The maximum atomic E-state index is 10.8. The van der Waals surface area contributed by atoms with Crippen LogP contribution in [0.1, 0.15) is 11.1 Å². The second-order valence-corrected chi connectivity index (χ2v) is 13.9. The van der Waals surface area contributed by atoms with Gasteiger partial charge in [0.15, 0.2) is 0 Å². The van der Waals surface area contributed by atoms with Crippen molar-refractivity contribution in [2.45, 2.75) is 0 Å². The van der Waals surface area contributed by atoms with Crippen LogP contribution in [-0.4, -0.2) is 13.7 Å². The van der Waals surface area contributed by atoms with Crippen molar-refractivity contribution in [1.82, 2.24) is 13.7 Å². The molecule has 0 fully saturated rings. The predicted molar refractivity (Wildman–Crippen MR) is 224 cm³/mol. The van der Waals surface area contributed by atoms with Gasteiger partial charge in [0.25, 0.3) is 0 Å². The number of aromatic nitrogens is 3. The van der Waals surface area contributed by atoms with Crippen LogP contribution < -0.4 is 0 Å². The van der Waals surface area contributed by atoms with Gasteiger partial charge in [-0.25, -0.2) is 0 Å². The minimum Gasteiger partial charge on any atom is -0.309 e. The van der Waals surface area contributed by atoms with Crippen molar-refractivity contribution in [3.05, 3.63) is 187 Å². The highest BCUT2D eigenvalue weighted by Gasteiger charge is 2.23. The third-order valence-electron chi connectivity index (χ3n) is 11.1. The van der Waals surface area contributed by atoms with Crippen LogP contribution in [0.3, 0.4) is 0 Å². The Morgan fingerprint density at radius 2 is 0.818 bits per heavy atom. The smallest absolute Gasteiger partial charge is 0.101 e. The fourth-order valence-corrected chi connectivity index (χ4v) is 8.90. The van der Waals surface area contributed by atoms with Crippen molar-refractivity contribution in [3.8, 4) is 40.3 Å². The van der Waals surface area contributed by atoms with Crippen molar-refractivity contribution in [2.24, 2.45) is 0 Å². The normalized spacial score (nSPS) is 11.6. The molecule has 5 heteroatoms. The molecule has 11 rings (SSSR count). The second kappa shape index (κ2) is 11.8. The predicted octanol–water partition coefficient (Wildman–Crippen LogP) is 12.4. The largest absolute Gasteiger partial charge is 0.309 e. The van der Waals surface area contributed by atoms with Gasteiger partial charge in [0.05, 0.1) is 61.7 Å². The van der Waals surface area contributed by atoms with Crippen LogP contribution in [0.5, 0.6) is 0 Å². The van der Waals surface area contributed by atoms with E-state index in [0.29, 0.717) is 11.1 Å². The van der Waals surface area contributed by atoms with Crippen molar-refractivity contribution in [1.29, 1.82) is 10.5 Å². The molecule has 254 valence electrons. The van der Waals surface area contributed by atoms with Crippen LogP contribution in [0.2, 0.25) is 0 Å². The summed E-state index contributed by atoms with van der Waals surface area (Å²) < 4.78 is 6.88. The highest BCUT2D eigenvalue weighted by atomic mass is 15.0. The maximum absolute atomic E-state index is 10.8. The first-order valence-electron chi connectivity index (χ1n) is 18.3. The van der Waals surface area contributed by atoms with Gasteiger partial charge in [-0.05, 0) is 60.7 Å². The molecule has 0 amide bonds. The minimum atomic E-state index is 0.553. The lowest BCUT2D eigenvalue weighted by atomic mass is 9.96. The van der Waals surface area contributed by atoms with Gasteiger partial charge >= 0.3 is 0 Å². The highest BCUT2D eigenvalue weighted by molar-refractivity contribution is 6.14. The van der Waals surface area contributed by atoms with Crippen LogP contribution in [-0.2, 0) is 0 Å². The van der Waals surface area contributed by atoms with E-state index < -0.39 is 0 Å². The molecule has 5 nitrogen and oxygen atoms in total. The van der Waals surface area contributed by atoms with Gasteiger partial charge in [0.2, 0.25) is 0 Å². The molecule has 0 spiro atoms. The van der Waals surface area contributed by atoms with Crippen molar-refractivity contribution in [2.75, 3.05) is 0 Å². The lowest BCUT2D eigenvalue weighted by molar-refractivity contribution is 1.15. The molecule has 0 aliphatic rings. The summed E-state index contributed by atoms with van der Waals surface area (Å²) >= 11 is 0. The van der Waals surface area contributed by atoms with Gasteiger partial charge in [-0.15, -0.1) is 0 Å². The summed E-state index contributed by atoms with van der Waals surface area (Å²) in [6.07, 6.45) is 0. The zero-order valence-electron chi connectivity index (χ0n) is 29.5. The minimum absolute atomic E-state index is 0.553. The highest BCUT2D eigenvalue weighted by Crippen LogP contribution is 2.43. The van der Waals surface area contributed by atoms with Crippen LogP contribution in [0.4, 0.5) is 0 Å². The molecule has 0 atom stereocenters. The van der Waals surface area contributed by atoms with Gasteiger partial charge in [0, 0.05) is 49.1 Å². The Morgan fingerprint density at radius 3 is 1.47 bits per heavy atom. The topological polar surface area (TPSA) is 62.4 Å². The molecule has 0 N–H and O–H groups in total. The number of nitriles is 2. The van der Waals surface area contributed by atoms with Gasteiger partial charge in [0.1, 0.15) is 6.07 Å². The van der Waals surface area contributed by atoms with Crippen molar-refractivity contribution >= 4 is 65.4 Å². The van der Waals surface area contributed by atoms with E-state index >= 15 is 0 Å². The van der Waals surface area contributed by atoms with E-state index in [1.54, 1.807) is 0 Å². The Kier molecular flexibility index (Phi) is 6.61. The molecule has 0 saturated carbocycles. The summed E-state index contributed by atoms with van der Waals surface area (Å²) in [6.45, 7) is 0. The Balaban J connectivity index is 1.24. The average molecular weight is 700 g/mol. The zero-order chi connectivity index (χ0) is 36.6. The van der Waals surface area contributed by atoms with Crippen LogP contribution in [0.15, 0.2) is 176 Å². The molecule has 0 aliphatic heterocycles. The summed E-state index contributed by atoms with van der Waals surface area (Å²) in [6, 6.07) is 65.9. The first kappa shape index (κ1) is 30.7. The number of nitrogens with zero attached hydrogens (tertiary/aromatic N) is 5. The third-order valence-corrected chi connectivity index (χ3v) is 11.1. The van der Waals surface area contributed by atoms with E-state index in [2.05, 4.69) is 159 Å². The molecule has 3 aromatic heterocycles. The lowest BCUT2D eigenvalue weighted by Crippen LogP contribution is -2.04. The maximum Gasteiger partial charge on any atom is 0.101 e. The van der Waals surface area contributed by atoms with Crippen molar-refractivity contribution < 1.29 is 0 Å². The number of para-hydroxylation sites is 6. The number of rotatable bonds is 4. The van der Waals surface area contributed by atoms with E-state index in [1.165, 1.54) is 10.8 Å². The Hall–Kier alpha value is -7.86. The van der Waals surface area contributed by atoms with Crippen LogP contribution in [0.25, 0.3) is 93.6 Å². The average Bonchev–Trinajstić information content (AvgIpc) is 3.89. The van der Waals surface area contributed by atoms with E-state index in [-0.39, 0.29) is 0 Å². The molecule has 0 aliphatic carbocycles. The Morgan fingerprint density at radius 1 is 0.345 bits per heavy atom. The molecule has 8 aromatic carbocycles. The fraction of sp³-hybridized carbons (Fsp3) is 0. The number of fused-ring (bicyclic) bond motifs is 9. The van der Waals surface area contributed by atoms with Crippen LogP contribution >= 0.6 is 0 Å².